The Balaban J connectivity index is 1.66. The number of amides is 1. The van der Waals surface area contributed by atoms with Gasteiger partial charge < -0.3 is 20.2 Å². The predicted molar refractivity (Wildman–Crippen MR) is 121 cm³/mol. The molecule has 4 rings (SSSR count). The maximum absolute atomic E-state index is 13.5. The van der Waals surface area contributed by atoms with Crippen molar-refractivity contribution in [2.24, 2.45) is 5.92 Å². The maximum atomic E-state index is 13.5. The topological polar surface area (TPSA) is 111 Å². The van der Waals surface area contributed by atoms with Crippen LogP contribution in [0.3, 0.4) is 0 Å². The number of pyridine rings is 1. The Labute approximate surface area is 196 Å². The van der Waals surface area contributed by atoms with Gasteiger partial charge in [-0.2, -0.15) is 0 Å². The fraction of sp³-hybridized carbons (Fsp3) is 0.269. The number of halogens is 1. The van der Waals surface area contributed by atoms with Crippen LogP contribution in [0.1, 0.15) is 50.8 Å². The van der Waals surface area contributed by atoms with Gasteiger partial charge in [0.25, 0.3) is 0 Å². The van der Waals surface area contributed by atoms with Crippen LogP contribution in [0.2, 0.25) is 0 Å². The Morgan fingerprint density at radius 2 is 1.74 bits per heavy atom. The van der Waals surface area contributed by atoms with Crippen molar-refractivity contribution in [1.82, 2.24) is 9.88 Å². The van der Waals surface area contributed by atoms with E-state index in [2.05, 4.69) is 4.98 Å². The number of aromatic carboxylic acids is 1. The Morgan fingerprint density at radius 3 is 2.35 bits per heavy atom. The normalized spacial score (nSPS) is 16.8. The van der Waals surface area contributed by atoms with E-state index in [1.807, 2.05) is 30.3 Å². The standard InChI is InChI=1S/C26H25FN2O5/c1-15-21(22(14-30)24(31)23(28-15)26(33)34)13-29(12-16-7-9-18(27)10-8-16)25(32)20-11-19(20)17-5-3-2-4-6-17/h2-10,19-20,30-31H,11-14H2,1H3,(H,33,34). The van der Waals surface area contributed by atoms with Crippen molar-refractivity contribution < 1.29 is 29.3 Å². The molecule has 0 radical (unpaired) electrons. The lowest BCUT2D eigenvalue weighted by Gasteiger charge is -2.26. The van der Waals surface area contributed by atoms with E-state index in [4.69, 9.17) is 0 Å². The van der Waals surface area contributed by atoms with E-state index >= 15 is 0 Å². The molecule has 1 heterocycles. The number of rotatable bonds is 8. The van der Waals surface area contributed by atoms with E-state index in [9.17, 15) is 29.3 Å². The summed E-state index contributed by atoms with van der Waals surface area (Å²) in [4.78, 5) is 30.5. The van der Waals surface area contributed by atoms with Gasteiger partial charge in [-0.1, -0.05) is 42.5 Å². The second-order valence-electron chi connectivity index (χ2n) is 8.49. The number of aliphatic hydroxyl groups excluding tert-OH is 1. The molecule has 2 aromatic carbocycles. The van der Waals surface area contributed by atoms with Crippen LogP contribution in [0.25, 0.3) is 0 Å². The third-order valence-electron chi connectivity index (χ3n) is 6.23. The fourth-order valence-electron chi connectivity index (χ4n) is 4.31. The molecule has 3 N–H and O–H groups in total. The first kappa shape index (κ1) is 23.4. The lowest BCUT2D eigenvalue weighted by atomic mass is 10.0. The molecule has 0 spiro atoms. The molecule has 3 aromatic rings. The van der Waals surface area contributed by atoms with E-state index in [0.29, 0.717) is 23.2 Å². The van der Waals surface area contributed by atoms with Gasteiger partial charge in [-0.25, -0.2) is 14.2 Å². The van der Waals surface area contributed by atoms with Crippen LogP contribution in [-0.4, -0.2) is 37.1 Å². The molecule has 0 saturated heterocycles. The number of aromatic hydroxyl groups is 1. The van der Waals surface area contributed by atoms with E-state index in [0.717, 1.165) is 5.56 Å². The number of nitrogens with zero attached hydrogens (tertiary/aromatic N) is 2. The van der Waals surface area contributed by atoms with Crippen LogP contribution in [0.5, 0.6) is 5.75 Å². The van der Waals surface area contributed by atoms with Crippen molar-refractivity contribution in [3.63, 3.8) is 0 Å². The summed E-state index contributed by atoms with van der Waals surface area (Å²) in [5, 5.41) is 29.6. The molecule has 8 heteroatoms. The molecule has 0 aliphatic heterocycles. The summed E-state index contributed by atoms with van der Waals surface area (Å²) < 4.78 is 13.4. The molecule has 7 nitrogen and oxygen atoms in total. The molecule has 1 aliphatic rings. The van der Waals surface area contributed by atoms with E-state index in [1.165, 1.54) is 12.1 Å². The van der Waals surface area contributed by atoms with Crippen molar-refractivity contribution in [3.8, 4) is 5.75 Å². The molecule has 1 saturated carbocycles. The fourth-order valence-corrected chi connectivity index (χ4v) is 4.31. The van der Waals surface area contributed by atoms with Crippen LogP contribution in [-0.2, 0) is 24.5 Å². The number of aryl methyl sites for hydroxylation is 1. The highest BCUT2D eigenvalue weighted by Crippen LogP contribution is 2.48. The number of aliphatic hydroxyl groups is 1. The molecule has 1 aromatic heterocycles. The van der Waals surface area contributed by atoms with Crippen LogP contribution in [0.4, 0.5) is 4.39 Å². The largest absolute Gasteiger partial charge is 0.505 e. The molecule has 1 amide bonds. The molecule has 34 heavy (non-hydrogen) atoms. The minimum absolute atomic E-state index is 0.0103. The summed E-state index contributed by atoms with van der Waals surface area (Å²) in [6, 6.07) is 15.6. The minimum Gasteiger partial charge on any atom is -0.505 e. The van der Waals surface area contributed by atoms with Gasteiger partial charge in [0.2, 0.25) is 5.91 Å². The van der Waals surface area contributed by atoms with Gasteiger partial charge in [0.05, 0.1) is 6.61 Å². The van der Waals surface area contributed by atoms with Crippen LogP contribution >= 0.6 is 0 Å². The molecule has 1 fully saturated rings. The van der Waals surface area contributed by atoms with Crippen molar-refractivity contribution in [1.29, 1.82) is 0 Å². The summed E-state index contributed by atoms with van der Waals surface area (Å²) in [5.41, 5.74) is 1.96. The van der Waals surface area contributed by atoms with Gasteiger partial charge in [0.1, 0.15) is 5.82 Å². The summed E-state index contributed by atoms with van der Waals surface area (Å²) in [7, 11) is 0. The zero-order valence-electron chi connectivity index (χ0n) is 18.6. The van der Waals surface area contributed by atoms with Crippen molar-refractivity contribution in [3.05, 3.63) is 94.1 Å². The minimum atomic E-state index is -1.41. The first-order valence-corrected chi connectivity index (χ1v) is 10.9. The van der Waals surface area contributed by atoms with Gasteiger partial charge >= 0.3 is 5.97 Å². The summed E-state index contributed by atoms with van der Waals surface area (Å²) in [6.45, 7) is 1.16. The SMILES string of the molecule is Cc1nc(C(=O)O)c(O)c(CO)c1CN(Cc1ccc(F)cc1)C(=O)C1CC1c1ccccc1. The lowest BCUT2D eigenvalue weighted by Crippen LogP contribution is -2.32. The zero-order valence-corrected chi connectivity index (χ0v) is 18.6. The van der Waals surface area contributed by atoms with Gasteiger partial charge in [0.15, 0.2) is 11.4 Å². The molecular formula is C26H25FN2O5. The molecule has 176 valence electrons. The molecular weight excluding hydrogens is 439 g/mol. The average molecular weight is 464 g/mol. The zero-order chi connectivity index (χ0) is 24.4. The summed E-state index contributed by atoms with van der Waals surface area (Å²) in [5.74, 6) is -2.64. The highest BCUT2D eigenvalue weighted by atomic mass is 19.1. The van der Waals surface area contributed by atoms with Gasteiger partial charge in [0, 0.05) is 35.8 Å². The Morgan fingerprint density at radius 1 is 1.06 bits per heavy atom. The average Bonchev–Trinajstić information content (AvgIpc) is 3.63. The third-order valence-corrected chi connectivity index (χ3v) is 6.23. The van der Waals surface area contributed by atoms with Gasteiger partial charge in [-0.3, -0.25) is 4.79 Å². The Hall–Kier alpha value is -3.78. The maximum Gasteiger partial charge on any atom is 0.358 e. The monoisotopic (exact) mass is 464 g/mol. The van der Waals surface area contributed by atoms with Crippen LogP contribution in [0.15, 0.2) is 54.6 Å². The number of carboxylic acids is 1. The first-order valence-electron chi connectivity index (χ1n) is 10.9. The highest BCUT2D eigenvalue weighted by Gasteiger charge is 2.45. The lowest BCUT2D eigenvalue weighted by molar-refractivity contribution is -0.134. The number of hydrogen-bond donors (Lipinski definition) is 3. The Bertz CT molecular complexity index is 1210. The quantitative estimate of drug-likeness (QED) is 0.468. The number of aromatic nitrogens is 1. The Kier molecular flexibility index (Phi) is 6.61. The van der Waals surface area contributed by atoms with Crippen molar-refractivity contribution >= 4 is 11.9 Å². The van der Waals surface area contributed by atoms with Gasteiger partial charge in [-0.05, 0) is 42.5 Å². The molecule has 2 unspecified atom stereocenters. The van der Waals surface area contributed by atoms with Crippen LogP contribution < -0.4 is 0 Å². The van der Waals surface area contributed by atoms with E-state index in [1.54, 1.807) is 24.0 Å². The summed E-state index contributed by atoms with van der Waals surface area (Å²) >= 11 is 0. The molecule has 1 aliphatic carbocycles. The second-order valence-corrected chi connectivity index (χ2v) is 8.49. The van der Waals surface area contributed by atoms with E-state index < -0.39 is 24.0 Å². The first-order chi connectivity index (χ1) is 16.3. The van der Waals surface area contributed by atoms with Crippen LogP contribution in [0, 0.1) is 18.7 Å². The number of benzene rings is 2. The molecule has 2 atom stereocenters. The predicted octanol–water partition coefficient (Wildman–Crippen LogP) is 3.76. The number of carbonyl (C=O) groups excluding carboxylic acids is 1. The number of hydrogen-bond acceptors (Lipinski definition) is 5. The van der Waals surface area contributed by atoms with Gasteiger partial charge in [-0.15, -0.1) is 0 Å². The number of carboxylic acid groups (broad SMARTS) is 1. The van der Waals surface area contributed by atoms with Crippen molar-refractivity contribution in [2.45, 2.75) is 39.0 Å². The number of carbonyl (C=O) groups is 2. The van der Waals surface area contributed by atoms with Crippen molar-refractivity contribution in [2.75, 3.05) is 0 Å². The smallest absolute Gasteiger partial charge is 0.358 e. The molecule has 0 bridgehead atoms. The highest BCUT2D eigenvalue weighted by molar-refractivity contribution is 5.89. The van der Waals surface area contributed by atoms with E-state index in [-0.39, 0.29) is 42.2 Å². The summed E-state index contributed by atoms with van der Waals surface area (Å²) in [6.07, 6.45) is 0.704. The third kappa shape index (κ3) is 4.77. The second kappa shape index (κ2) is 9.61.